The second kappa shape index (κ2) is 9.32. The van der Waals surface area contributed by atoms with Crippen molar-refractivity contribution < 1.29 is 13.9 Å². The molecule has 7 heteroatoms. The van der Waals surface area contributed by atoms with Crippen molar-refractivity contribution in [2.45, 2.75) is 6.92 Å². The summed E-state index contributed by atoms with van der Waals surface area (Å²) >= 11 is 12.3. The number of terminal acetylenes is 1. The molecule has 0 saturated heterocycles. The molecule has 0 amide bonds. The van der Waals surface area contributed by atoms with Crippen LogP contribution in [0.5, 0.6) is 11.5 Å². The predicted molar refractivity (Wildman–Crippen MR) is 110 cm³/mol. The van der Waals surface area contributed by atoms with E-state index in [0.717, 1.165) is 11.1 Å². The third kappa shape index (κ3) is 4.86. The second-order valence-corrected chi connectivity index (χ2v) is 6.39. The zero-order chi connectivity index (χ0) is 19.9. The van der Waals surface area contributed by atoms with E-state index in [1.54, 1.807) is 42.5 Å². The molecular formula is C21H16Cl2N2O3. The number of hydrogen-bond acceptors (Lipinski definition) is 5. The van der Waals surface area contributed by atoms with Crippen LogP contribution < -0.4 is 9.47 Å². The van der Waals surface area contributed by atoms with Crippen LogP contribution in [0.4, 0.5) is 0 Å². The van der Waals surface area contributed by atoms with Crippen molar-refractivity contribution in [3.63, 3.8) is 0 Å². The predicted octanol–water partition coefficient (Wildman–Crippen LogP) is 5.54. The normalized spacial score (nSPS) is 11.1. The first kappa shape index (κ1) is 19.8. The number of aromatic nitrogens is 2. The first-order valence-corrected chi connectivity index (χ1v) is 9.16. The minimum absolute atomic E-state index is 0.158. The van der Waals surface area contributed by atoms with E-state index in [4.69, 9.17) is 43.5 Å². The lowest BCUT2D eigenvalue weighted by Crippen LogP contribution is -1.99. The van der Waals surface area contributed by atoms with E-state index >= 15 is 0 Å². The van der Waals surface area contributed by atoms with Gasteiger partial charge in [0.2, 0.25) is 5.89 Å². The molecule has 0 aliphatic carbocycles. The van der Waals surface area contributed by atoms with E-state index in [9.17, 15) is 0 Å². The minimum Gasteiger partial charge on any atom is -0.490 e. The lowest BCUT2D eigenvalue weighted by Gasteiger charge is -2.11. The lowest BCUT2D eigenvalue weighted by atomic mass is 10.2. The Kier molecular flexibility index (Phi) is 6.59. The largest absolute Gasteiger partial charge is 0.490 e. The molecule has 0 saturated carbocycles. The Balaban J connectivity index is 1.84. The SMILES string of the molecule is C#CCOc1ccc(/C=C(\Cl)c2nnc(-c3ccc(Cl)cc3)o2)cc1OCC. The monoisotopic (exact) mass is 414 g/mol. The maximum absolute atomic E-state index is 6.36. The van der Waals surface area contributed by atoms with Gasteiger partial charge in [0, 0.05) is 10.6 Å². The lowest BCUT2D eigenvalue weighted by molar-refractivity contribution is 0.299. The Morgan fingerprint density at radius 1 is 1.14 bits per heavy atom. The standard InChI is InChI=1S/C21H16Cl2N2O3/c1-3-11-27-18-10-5-14(13-19(18)26-4-2)12-17(23)21-25-24-20(28-21)15-6-8-16(22)9-7-15/h1,5-10,12-13H,4,11H2,2H3/b17-12-. The van der Waals surface area contributed by atoms with E-state index in [1.807, 2.05) is 13.0 Å². The van der Waals surface area contributed by atoms with E-state index in [1.165, 1.54) is 0 Å². The number of nitrogens with zero attached hydrogens (tertiary/aromatic N) is 2. The van der Waals surface area contributed by atoms with Gasteiger partial charge < -0.3 is 13.9 Å². The highest BCUT2D eigenvalue weighted by Crippen LogP contribution is 2.31. The molecule has 1 aromatic heterocycles. The summed E-state index contributed by atoms with van der Waals surface area (Å²) in [6, 6.07) is 12.5. The fraction of sp³-hybridized carbons (Fsp3) is 0.143. The van der Waals surface area contributed by atoms with Crippen LogP contribution in [0.3, 0.4) is 0 Å². The van der Waals surface area contributed by atoms with Crippen LogP contribution in [0.1, 0.15) is 18.4 Å². The second-order valence-electron chi connectivity index (χ2n) is 5.54. The van der Waals surface area contributed by atoms with Crippen LogP contribution in [-0.2, 0) is 0 Å². The van der Waals surface area contributed by atoms with Crippen molar-refractivity contribution >= 4 is 34.3 Å². The van der Waals surface area contributed by atoms with E-state index < -0.39 is 0 Å². The van der Waals surface area contributed by atoms with Gasteiger partial charge in [-0.15, -0.1) is 16.6 Å². The van der Waals surface area contributed by atoms with Gasteiger partial charge in [-0.05, 0) is 55.0 Å². The Bertz CT molecular complexity index is 1020. The smallest absolute Gasteiger partial charge is 0.259 e. The quantitative estimate of drug-likeness (QED) is 0.475. The molecule has 2 aromatic carbocycles. The fourth-order valence-electron chi connectivity index (χ4n) is 2.36. The van der Waals surface area contributed by atoms with Crippen molar-refractivity contribution in [2.24, 2.45) is 0 Å². The highest BCUT2D eigenvalue weighted by atomic mass is 35.5. The van der Waals surface area contributed by atoms with Crippen molar-refractivity contribution in [1.82, 2.24) is 10.2 Å². The molecule has 3 aromatic rings. The Hall–Kier alpha value is -2.94. The van der Waals surface area contributed by atoms with Crippen molar-refractivity contribution in [1.29, 1.82) is 0 Å². The number of ether oxygens (including phenoxy) is 2. The van der Waals surface area contributed by atoms with Gasteiger partial charge in [-0.1, -0.05) is 35.2 Å². The molecule has 0 N–H and O–H groups in total. The molecule has 142 valence electrons. The molecule has 0 spiro atoms. The van der Waals surface area contributed by atoms with Crippen LogP contribution in [0.25, 0.3) is 22.6 Å². The van der Waals surface area contributed by atoms with Gasteiger partial charge in [0.15, 0.2) is 11.5 Å². The molecule has 0 aliphatic rings. The highest BCUT2D eigenvalue weighted by Gasteiger charge is 2.12. The van der Waals surface area contributed by atoms with Crippen LogP contribution in [0.2, 0.25) is 5.02 Å². The molecule has 0 unspecified atom stereocenters. The Morgan fingerprint density at radius 3 is 2.64 bits per heavy atom. The fourth-order valence-corrected chi connectivity index (χ4v) is 2.69. The van der Waals surface area contributed by atoms with Crippen LogP contribution in [0.15, 0.2) is 46.9 Å². The van der Waals surface area contributed by atoms with Crippen molar-refractivity contribution in [2.75, 3.05) is 13.2 Å². The van der Waals surface area contributed by atoms with E-state index in [0.29, 0.717) is 34.1 Å². The number of rotatable bonds is 7. The summed E-state index contributed by atoms with van der Waals surface area (Å²) in [5, 5.41) is 8.95. The molecule has 0 aliphatic heterocycles. The van der Waals surface area contributed by atoms with Gasteiger partial charge in [-0.2, -0.15) is 0 Å². The molecule has 0 atom stereocenters. The van der Waals surface area contributed by atoms with Gasteiger partial charge in [0.25, 0.3) is 5.89 Å². The van der Waals surface area contributed by atoms with Crippen LogP contribution in [-0.4, -0.2) is 23.4 Å². The van der Waals surface area contributed by atoms with E-state index in [2.05, 4.69) is 16.1 Å². The first-order chi connectivity index (χ1) is 13.6. The van der Waals surface area contributed by atoms with Crippen molar-refractivity contribution in [3.05, 3.63) is 58.9 Å². The third-order valence-electron chi connectivity index (χ3n) is 3.59. The van der Waals surface area contributed by atoms with Gasteiger partial charge in [-0.25, -0.2) is 0 Å². The summed E-state index contributed by atoms with van der Waals surface area (Å²) < 4.78 is 16.7. The average molecular weight is 415 g/mol. The molecule has 28 heavy (non-hydrogen) atoms. The maximum atomic E-state index is 6.36. The Morgan fingerprint density at radius 2 is 1.93 bits per heavy atom. The van der Waals surface area contributed by atoms with Gasteiger partial charge in [0.05, 0.1) is 6.61 Å². The zero-order valence-electron chi connectivity index (χ0n) is 15.0. The van der Waals surface area contributed by atoms with Crippen LogP contribution >= 0.6 is 23.2 Å². The molecule has 5 nitrogen and oxygen atoms in total. The summed E-state index contributed by atoms with van der Waals surface area (Å²) in [4.78, 5) is 0. The molecule has 0 radical (unpaired) electrons. The van der Waals surface area contributed by atoms with Crippen molar-refractivity contribution in [3.8, 4) is 35.3 Å². The number of halogens is 2. The van der Waals surface area contributed by atoms with Gasteiger partial charge >= 0.3 is 0 Å². The topological polar surface area (TPSA) is 57.4 Å². The molecular weight excluding hydrogens is 399 g/mol. The highest BCUT2D eigenvalue weighted by molar-refractivity contribution is 6.50. The van der Waals surface area contributed by atoms with Gasteiger partial charge in [-0.3, -0.25) is 0 Å². The van der Waals surface area contributed by atoms with Crippen LogP contribution in [0, 0.1) is 12.3 Å². The molecule has 0 fully saturated rings. The minimum atomic E-state index is 0.158. The molecule has 3 rings (SSSR count). The summed E-state index contributed by atoms with van der Waals surface area (Å²) in [7, 11) is 0. The van der Waals surface area contributed by atoms with Gasteiger partial charge in [0.1, 0.15) is 11.6 Å². The summed E-state index contributed by atoms with van der Waals surface area (Å²) in [6.07, 6.45) is 6.94. The number of benzene rings is 2. The molecule has 0 bridgehead atoms. The van der Waals surface area contributed by atoms with E-state index in [-0.39, 0.29) is 12.5 Å². The average Bonchev–Trinajstić information content (AvgIpc) is 3.18. The zero-order valence-corrected chi connectivity index (χ0v) is 16.5. The summed E-state index contributed by atoms with van der Waals surface area (Å²) in [5.41, 5.74) is 1.54. The molecule has 1 heterocycles. The summed E-state index contributed by atoms with van der Waals surface area (Å²) in [6.45, 7) is 2.53. The number of hydrogen-bond donors (Lipinski definition) is 0. The summed E-state index contributed by atoms with van der Waals surface area (Å²) in [5.74, 6) is 4.12. The third-order valence-corrected chi connectivity index (χ3v) is 4.12. The first-order valence-electron chi connectivity index (χ1n) is 8.41. The maximum Gasteiger partial charge on any atom is 0.259 e. The Labute approximate surface area is 172 Å².